The SMILES string of the molecule is CC1(C(=O)O)CCN(C(=O)COc2ccc(OCc3ccccc3)cc2)C1. The summed E-state index contributed by atoms with van der Waals surface area (Å²) in [5.41, 5.74) is 0.218. The third-order valence-corrected chi connectivity index (χ3v) is 4.78. The van der Waals surface area contributed by atoms with Crippen molar-refractivity contribution in [2.45, 2.75) is 20.0 Å². The van der Waals surface area contributed by atoms with Crippen molar-refractivity contribution < 1.29 is 24.2 Å². The third-order valence-electron chi connectivity index (χ3n) is 4.78. The van der Waals surface area contributed by atoms with Crippen LogP contribution in [0.4, 0.5) is 0 Å². The van der Waals surface area contributed by atoms with Gasteiger partial charge in [-0.1, -0.05) is 30.3 Å². The molecule has 0 bridgehead atoms. The number of carbonyl (C=O) groups is 2. The summed E-state index contributed by atoms with van der Waals surface area (Å²) in [5, 5.41) is 9.24. The number of nitrogens with zero attached hydrogens (tertiary/aromatic N) is 1. The Morgan fingerprint density at radius 1 is 1.04 bits per heavy atom. The van der Waals surface area contributed by atoms with Gasteiger partial charge < -0.3 is 19.5 Å². The number of hydrogen-bond acceptors (Lipinski definition) is 4. The zero-order valence-corrected chi connectivity index (χ0v) is 15.3. The molecule has 1 aliphatic heterocycles. The van der Waals surface area contributed by atoms with E-state index < -0.39 is 11.4 Å². The number of benzene rings is 2. The van der Waals surface area contributed by atoms with E-state index in [-0.39, 0.29) is 19.1 Å². The minimum absolute atomic E-state index is 0.111. The predicted octanol–water partition coefficient (Wildman–Crippen LogP) is 2.97. The maximum absolute atomic E-state index is 12.2. The van der Waals surface area contributed by atoms with E-state index in [1.807, 2.05) is 30.3 Å². The van der Waals surface area contributed by atoms with Crippen molar-refractivity contribution in [2.24, 2.45) is 5.41 Å². The van der Waals surface area contributed by atoms with Gasteiger partial charge in [-0.2, -0.15) is 0 Å². The summed E-state index contributed by atoms with van der Waals surface area (Å²) in [6.45, 7) is 2.70. The standard InChI is InChI=1S/C21H23NO5/c1-21(20(24)25)11-12-22(15-21)19(23)14-27-18-9-7-17(8-10-18)26-13-16-5-3-2-4-6-16/h2-10H,11-15H2,1H3,(H,24,25). The molecule has 6 heteroatoms. The number of likely N-dealkylation sites (tertiary alicyclic amines) is 1. The molecule has 1 N–H and O–H groups in total. The second-order valence-corrected chi connectivity index (χ2v) is 6.97. The maximum Gasteiger partial charge on any atom is 0.311 e. The van der Waals surface area contributed by atoms with E-state index in [4.69, 9.17) is 9.47 Å². The molecule has 1 amide bonds. The topological polar surface area (TPSA) is 76.1 Å². The molecule has 1 heterocycles. The van der Waals surface area contributed by atoms with Crippen LogP contribution < -0.4 is 9.47 Å². The highest BCUT2D eigenvalue weighted by Crippen LogP contribution is 2.30. The largest absolute Gasteiger partial charge is 0.489 e. The number of aliphatic carboxylic acids is 1. The normalized spacial score (nSPS) is 18.9. The van der Waals surface area contributed by atoms with Crippen molar-refractivity contribution in [3.63, 3.8) is 0 Å². The number of rotatable bonds is 7. The predicted molar refractivity (Wildman–Crippen MR) is 99.7 cm³/mol. The van der Waals surface area contributed by atoms with Gasteiger partial charge in [0.15, 0.2) is 6.61 Å². The van der Waals surface area contributed by atoms with E-state index in [1.165, 1.54) is 0 Å². The summed E-state index contributed by atoms with van der Waals surface area (Å²) >= 11 is 0. The van der Waals surface area contributed by atoms with Crippen LogP contribution in [0.5, 0.6) is 11.5 Å². The van der Waals surface area contributed by atoms with Gasteiger partial charge >= 0.3 is 5.97 Å². The Morgan fingerprint density at radius 2 is 1.67 bits per heavy atom. The van der Waals surface area contributed by atoms with Crippen LogP contribution in [0.25, 0.3) is 0 Å². The fraction of sp³-hybridized carbons (Fsp3) is 0.333. The zero-order chi connectivity index (χ0) is 19.3. The molecule has 0 radical (unpaired) electrons. The Labute approximate surface area is 158 Å². The van der Waals surface area contributed by atoms with Crippen LogP contribution in [0.3, 0.4) is 0 Å². The van der Waals surface area contributed by atoms with Gasteiger partial charge in [-0.25, -0.2) is 0 Å². The number of amides is 1. The average molecular weight is 369 g/mol. The van der Waals surface area contributed by atoms with Gasteiger partial charge in [0, 0.05) is 13.1 Å². The summed E-state index contributed by atoms with van der Waals surface area (Å²) in [6.07, 6.45) is 0.460. The molecular formula is C21H23NO5. The van der Waals surface area contributed by atoms with E-state index >= 15 is 0 Å². The van der Waals surface area contributed by atoms with Crippen LogP contribution in [0.1, 0.15) is 18.9 Å². The van der Waals surface area contributed by atoms with Gasteiger partial charge in [0.25, 0.3) is 5.91 Å². The van der Waals surface area contributed by atoms with Crippen LogP contribution in [-0.2, 0) is 16.2 Å². The number of carbonyl (C=O) groups excluding carboxylic acids is 1. The van der Waals surface area contributed by atoms with Crippen molar-refractivity contribution in [1.82, 2.24) is 4.90 Å². The lowest BCUT2D eigenvalue weighted by Gasteiger charge is -2.20. The highest BCUT2D eigenvalue weighted by atomic mass is 16.5. The van der Waals surface area contributed by atoms with Crippen LogP contribution in [-0.4, -0.2) is 41.6 Å². The van der Waals surface area contributed by atoms with Gasteiger partial charge in [-0.05, 0) is 43.2 Å². The number of hydrogen-bond donors (Lipinski definition) is 1. The van der Waals surface area contributed by atoms with E-state index in [9.17, 15) is 14.7 Å². The van der Waals surface area contributed by atoms with E-state index in [0.717, 1.165) is 5.56 Å². The fourth-order valence-corrected chi connectivity index (χ4v) is 2.96. The average Bonchev–Trinajstić information content (AvgIpc) is 3.10. The van der Waals surface area contributed by atoms with Gasteiger partial charge in [0.1, 0.15) is 18.1 Å². The Kier molecular flexibility index (Phi) is 5.64. The van der Waals surface area contributed by atoms with Crippen LogP contribution in [0.2, 0.25) is 0 Å². The van der Waals surface area contributed by atoms with Crippen molar-refractivity contribution >= 4 is 11.9 Å². The molecule has 0 aliphatic carbocycles. The lowest BCUT2D eigenvalue weighted by Crippen LogP contribution is -2.37. The number of ether oxygens (including phenoxy) is 2. The van der Waals surface area contributed by atoms with E-state index in [1.54, 1.807) is 36.1 Å². The first kappa shape index (κ1) is 18.8. The summed E-state index contributed by atoms with van der Waals surface area (Å²) in [5.74, 6) is 0.207. The van der Waals surface area contributed by atoms with Crippen LogP contribution in [0, 0.1) is 5.41 Å². The molecule has 6 nitrogen and oxygen atoms in total. The molecular weight excluding hydrogens is 346 g/mol. The quantitative estimate of drug-likeness (QED) is 0.812. The lowest BCUT2D eigenvalue weighted by atomic mass is 9.90. The molecule has 2 aromatic rings. The highest BCUT2D eigenvalue weighted by molar-refractivity contribution is 5.81. The number of carboxylic acids is 1. The Morgan fingerprint density at radius 3 is 2.26 bits per heavy atom. The first-order chi connectivity index (χ1) is 13.0. The lowest BCUT2D eigenvalue weighted by molar-refractivity contribution is -0.147. The minimum Gasteiger partial charge on any atom is -0.489 e. The molecule has 1 aliphatic rings. The summed E-state index contributed by atoms with van der Waals surface area (Å²) in [7, 11) is 0. The Bertz CT molecular complexity index is 790. The molecule has 0 saturated carbocycles. The molecule has 142 valence electrons. The van der Waals surface area contributed by atoms with Gasteiger partial charge in [0.05, 0.1) is 5.41 Å². The first-order valence-corrected chi connectivity index (χ1v) is 8.87. The van der Waals surface area contributed by atoms with Gasteiger partial charge in [0.2, 0.25) is 0 Å². The third kappa shape index (κ3) is 4.78. The Hall–Kier alpha value is -3.02. The van der Waals surface area contributed by atoms with E-state index in [2.05, 4.69) is 0 Å². The summed E-state index contributed by atoms with van der Waals surface area (Å²) in [4.78, 5) is 25.1. The molecule has 2 aromatic carbocycles. The molecule has 1 atom stereocenters. The summed E-state index contributed by atoms with van der Waals surface area (Å²) < 4.78 is 11.2. The van der Waals surface area contributed by atoms with Crippen molar-refractivity contribution in [2.75, 3.05) is 19.7 Å². The minimum atomic E-state index is -0.871. The van der Waals surface area contributed by atoms with Gasteiger partial charge in [-0.15, -0.1) is 0 Å². The maximum atomic E-state index is 12.2. The highest BCUT2D eigenvalue weighted by Gasteiger charge is 2.42. The van der Waals surface area contributed by atoms with Gasteiger partial charge in [-0.3, -0.25) is 9.59 Å². The Balaban J connectivity index is 1.46. The molecule has 1 saturated heterocycles. The van der Waals surface area contributed by atoms with Crippen molar-refractivity contribution in [3.8, 4) is 11.5 Å². The van der Waals surface area contributed by atoms with E-state index in [0.29, 0.717) is 31.1 Å². The fourth-order valence-electron chi connectivity index (χ4n) is 2.96. The molecule has 3 rings (SSSR count). The smallest absolute Gasteiger partial charge is 0.311 e. The molecule has 1 fully saturated rings. The van der Waals surface area contributed by atoms with Crippen molar-refractivity contribution in [1.29, 1.82) is 0 Å². The molecule has 0 spiro atoms. The first-order valence-electron chi connectivity index (χ1n) is 8.87. The zero-order valence-electron chi connectivity index (χ0n) is 15.3. The monoisotopic (exact) mass is 369 g/mol. The van der Waals surface area contributed by atoms with Crippen LogP contribution in [0.15, 0.2) is 54.6 Å². The second-order valence-electron chi connectivity index (χ2n) is 6.97. The van der Waals surface area contributed by atoms with Crippen LogP contribution >= 0.6 is 0 Å². The molecule has 27 heavy (non-hydrogen) atoms. The summed E-state index contributed by atoms with van der Waals surface area (Å²) in [6, 6.07) is 17.0. The molecule has 0 aromatic heterocycles. The van der Waals surface area contributed by atoms with Crippen molar-refractivity contribution in [3.05, 3.63) is 60.2 Å². The molecule has 1 unspecified atom stereocenters. The number of carboxylic acid groups (broad SMARTS) is 1. The second kappa shape index (κ2) is 8.12.